The van der Waals surface area contributed by atoms with Crippen LogP contribution in [0.25, 0.3) is 0 Å². The molecule has 0 aromatic rings. The van der Waals surface area contributed by atoms with Gasteiger partial charge in [-0.1, -0.05) is 149 Å². The molecule has 0 heterocycles. The fraction of sp³-hybridized carbons (Fsp3) is 0.938. The first-order valence-corrected chi connectivity index (χ1v) is 16.1. The van der Waals surface area contributed by atoms with Gasteiger partial charge in [0.25, 0.3) is 0 Å². The van der Waals surface area contributed by atoms with Gasteiger partial charge in [0.05, 0.1) is 6.61 Å². The Balaban J connectivity index is 3.55. The summed E-state index contributed by atoms with van der Waals surface area (Å²) in [7, 11) is 0. The fourth-order valence-electron chi connectivity index (χ4n) is 4.67. The number of esters is 2. The van der Waals surface area contributed by atoms with Crippen molar-refractivity contribution in [1.29, 1.82) is 0 Å². The Morgan fingerprint density at radius 1 is 0.514 bits per heavy atom. The Hall–Kier alpha value is -1.10. The molecule has 0 amide bonds. The van der Waals surface area contributed by atoms with E-state index in [1.807, 2.05) is 0 Å². The van der Waals surface area contributed by atoms with Crippen molar-refractivity contribution in [2.24, 2.45) is 0 Å². The summed E-state index contributed by atoms with van der Waals surface area (Å²) in [6.07, 6.45) is 28.6. The highest BCUT2D eigenvalue weighted by molar-refractivity contribution is 5.70. The van der Waals surface area contributed by atoms with E-state index < -0.39 is 6.10 Å². The quantitative estimate of drug-likeness (QED) is 0.0776. The van der Waals surface area contributed by atoms with Gasteiger partial charge < -0.3 is 14.6 Å². The van der Waals surface area contributed by atoms with E-state index >= 15 is 0 Å². The van der Waals surface area contributed by atoms with Gasteiger partial charge in [0, 0.05) is 12.8 Å². The van der Waals surface area contributed by atoms with E-state index in [9.17, 15) is 14.7 Å². The molecule has 0 aliphatic heterocycles. The average Bonchev–Trinajstić information content (AvgIpc) is 2.90. The highest BCUT2D eigenvalue weighted by Crippen LogP contribution is 2.14. The predicted molar refractivity (Wildman–Crippen MR) is 155 cm³/mol. The number of aliphatic hydroxyl groups excluding tert-OH is 1. The van der Waals surface area contributed by atoms with Crippen molar-refractivity contribution in [1.82, 2.24) is 0 Å². The Bertz CT molecular complexity index is 494. The summed E-state index contributed by atoms with van der Waals surface area (Å²) in [5.74, 6) is -0.585. The lowest BCUT2D eigenvalue weighted by Crippen LogP contribution is -2.28. The molecule has 0 aromatic heterocycles. The SMILES string of the molecule is CCCCCCCCCCCCCCCC(=O)OC(CO)COC(=O)CCCCCCCCCCCC. The predicted octanol–water partition coefficient (Wildman–Crippen LogP) is 9.23. The molecule has 220 valence electrons. The van der Waals surface area contributed by atoms with Gasteiger partial charge in [-0.05, 0) is 12.8 Å². The van der Waals surface area contributed by atoms with Crippen LogP contribution in [0, 0.1) is 0 Å². The number of carbonyl (C=O) groups excluding carboxylic acids is 2. The second kappa shape index (κ2) is 29.5. The Labute approximate surface area is 229 Å². The van der Waals surface area contributed by atoms with Crippen LogP contribution in [0.5, 0.6) is 0 Å². The van der Waals surface area contributed by atoms with Gasteiger partial charge in [0.1, 0.15) is 6.61 Å². The number of aliphatic hydroxyl groups is 1. The zero-order chi connectivity index (χ0) is 27.2. The standard InChI is InChI=1S/C32H62O5/c1-3-5-7-9-11-13-15-16-17-19-21-23-25-27-32(35)37-30(28-33)29-36-31(34)26-24-22-20-18-14-12-10-8-6-4-2/h30,33H,3-29H2,1-2H3. The van der Waals surface area contributed by atoms with Gasteiger partial charge in [-0.2, -0.15) is 0 Å². The smallest absolute Gasteiger partial charge is 0.306 e. The zero-order valence-electron chi connectivity index (χ0n) is 24.7. The van der Waals surface area contributed by atoms with E-state index in [0.717, 1.165) is 38.5 Å². The maximum Gasteiger partial charge on any atom is 0.306 e. The van der Waals surface area contributed by atoms with Crippen molar-refractivity contribution in [3.05, 3.63) is 0 Å². The maximum absolute atomic E-state index is 12.1. The van der Waals surface area contributed by atoms with Crippen LogP contribution in [0.15, 0.2) is 0 Å². The molecule has 0 spiro atoms. The molecular formula is C32H62O5. The lowest BCUT2D eigenvalue weighted by molar-refractivity contribution is -0.161. The molecular weight excluding hydrogens is 464 g/mol. The first kappa shape index (κ1) is 35.9. The monoisotopic (exact) mass is 526 g/mol. The molecule has 1 N–H and O–H groups in total. The summed E-state index contributed by atoms with van der Waals surface area (Å²) >= 11 is 0. The zero-order valence-corrected chi connectivity index (χ0v) is 24.7. The van der Waals surface area contributed by atoms with Gasteiger partial charge in [-0.25, -0.2) is 0 Å². The average molecular weight is 527 g/mol. The molecule has 0 bridgehead atoms. The van der Waals surface area contributed by atoms with Crippen LogP contribution in [0.2, 0.25) is 0 Å². The summed E-state index contributed by atoms with van der Waals surface area (Å²) in [5, 5.41) is 9.47. The molecule has 0 rings (SSSR count). The second-order valence-corrected chi connectivity index (χ2v) is 10.9. The van der Waals surface area contributed by atoms with Crippen molar-refractivity contribution < 1.29 is 24.2 Å². The number of hydrogen-bond donors (Lipinski definition) is 1. The fourth-order valence-corrected chi connectivity index (χ4v) is 4.67. The second-order valence-electron chi connectivity index (χ2n) is 10.9. The molecule has 0 radical (unpaired) electrons. The first-order valence-electron chi connectivity index (χ1n) is 16.1. The van der Waals surface area contributed by atoms with Crippen LogP contribution in [0.3, 0.4) is 0 Å². The van der Waals surface area contributed by atoms with Gasteiger partial charge in [-0.15, -0.1) is 0 Å². The molecule has 0 saturated carbocycles. The third-order valence-corrected chi connectivity index (χ3v) is 7.15. The molecule has 1 unspecified atom stereocenters. The van der Waals surface area contributed by atoms with Crippen LogP contribution < -0.4 is 0 Å². The third kappa shape index (κ3) is 27.7. The van der Waals surface area contributed by atoms with E-state index in [1.54, 1.807) is 0 Å². The van der Waals surface area contributed by atoms with Crippen molar-refractivity contribution in [3.8, 4) is 0 Å². The summed E-state index contributed by atoms with van der Waals surface area (Å²) in [6.45, 7) is 4.12. The Kier molecular flexibility index (Phi) is 28.6. The number of ether oxygens (including phenoxy) is 2. The van der Waals surface area contributed by atoms with Gasteiger partial charge in [0.2, 0.25) is 0 Å². The highest BCUT2D eigenvalue weighted by Gasteiger charge is 2.16. The minimum atomic E-state index is -0.758. The molecule has 5 nitrogen and oxygen atoms in total. The molecule has 5 heteroatoms. The van der Waals surface area contributed by atoms with Crippen LogP contribution in [-0.4, -0.2) is 36.4 Å². The first-order chi connectivity index (χ1) is 18.1. The van der Waals surface area contributed by atoms with Crippen molar-refractivity contribution in [2.45, 2.75) is 180 Å². The topological polar surface area (TPSA) is 72.8 Å². The number of unbranched alkanes of at least 4 members (excludes halogenated alkanes) is 21. The van der Waals surface area contributed by atoms with E-state index in [0.29, 0.717) is 12.8 Å². The minimum absolute atomic E-state index is 0.0581. The van der Waals surface area contributed by atoms with E-state index in [1.165, 1.54) is 109 Å². The minimum Gasteiger partial charge on any atom is -0.462 e. The molecule has 0 aromatic carbocycles. The van der Waals surface area contributed by atoms with Gasteiger partial charge in [0.15, 0.2) is 6.10 Å². The number of hydrogen-bond acceptors (Lipinski definition) is 5. The van der Waals surface area contributed by atoms with Crippen LogP contribution in [0.1, 0.15) is 174 Å². The molecule has 37 heavy (non-hydrogen) atoms. The van der Waals surface area contributed by atoms with Gasteiger partial charge in [-0.3, -0.25) is 9.59 Å². The summed E-state index contributed by atoms with van der Waals surface area (Å²) in [5.41, 5.74) is 0. The molecule has 0 aliphatic rings. The van der Waals surface area contributed by atoms with E-state index in [4.69, 9.17) is 9.47 Å². The maximum atomic E-state index is 12.1. The lowest BCUT2D eigenvalue weighted by Gasteiger charge is -2.15. The third-order valence-electron chi connectivity index (χ3n) is 7.15. The van der Waals surface area contributed by atoms with Crippen LogP contribution >= 0.6 is 0 Å². The number of carbonyl (C=O) groups is 2. The number of rotatable bonds is 29. The van der Waals surface area contributed by atoms with E-state index in [-0.39, 0.29) is 25.2 Å². The summed E-state index contributed by atoms with van der Waals surface area (Å²) < 4.78 is 10.5. The molecule has 0 aliphatic carbocycles. The Morgan fingerprint density at radius 3 is 1.19 bits per heavy atom. The molecule has 0 saturated heterocycles. The summed E-state index contributed by atoms with van der Waals surface area (Å²) in [6, 6.07) is 0. The normalized spacial score (nSPS) is 12.0. The lowest BCUT2D eigenvalue weighted by atomic mass is 10.0. The van der Waals surface area contributed by atoms with Crippen molar-refractivity contribution >= 4 is 11.9 Å². The van der Waals surface area contributed by atoms with Crippen molar-refractivity contribution in [3.63, 3.8) is 0 Å². The van der Waals surface area contributed by atoms with E-state index in [2.05, 4.69) is 13.8 Å². The van der Waals surface area contributed by atoms with Crippen LogP contribution in [-0.2, 0) is 19.1 Å². The highest BCUT2D eigenvalue weighted by atomic mass is 16.6. The largest absolute Gasteiger partial charge is 0.462 e. The van der Waals surface area contributed by atoms with Crippen LogP contribution in [0.4, 0.5) is 0 Å². The molecule has 0 fully saturated rings. The van der Waals surface area contributed by atoms with Crippen molar-refractivity contribution in [2.75, 3.05) is 13.2 Å². The summed E-state index contributed by atoms with van der Waals surface area (Å²) in [4.78, 5) is 24.0. The molecule has 1 atom stereocenters. The Morgan fingerprint density at radius 2 is 0.838 bits per heavy atom. The van der Waals surface area contributed by atoms with Gasteiger partial charge >= 0.3 is 11.9 Å².